The molecule has 7 heteroatoms. The van der Waals surface area contributed by atoms with Gasteiger partial charge in [-0.2, -0.15) is 0 Å². The third-order valence-electron chi connectivity index (χ3n) is 5.99. The van der Waals surface area contributed by atoms with E-state index in [9.17, 15) is 9.90 Å². The molecule has 2 N–H and O–H groups in total. The van der Waals surface area contributed by atoms with Crippen LogP contribution in [-0.2, 0) is 13.0 Å². The Morgan fingerprint density at radius 3 is 2.82 bits per heavy atom. The van der Waals surface area contributed by atoms with Crippen LogP contribution >= 0.6 is 0 Å². The van der Waals surface area contributed by atoms with Gasteiger partial charge >= 0.3 is 0 Å². The number of nitrogens with zero attached hydrogens (tertiary/aromatic N) is 3. The van der Waals surface area contributed by atoms with Crippen LogP contribution in [0.4, 0.5) is 0 Å². The highest BCUT2D eigenvalue weighted by Crippen LogP contribution is 2.34. The van der Waals surface area contributed by atoms with Crippen LogP contribution < -0.4 is 10.3 Å². The summed E-state index contributed by atoms with van der Waals surface area (Å²) in [5.74, 6) is 1.53. The van der Waals surface area contributed by atoms with Gasteiger partial charge in [0.15, 0.2) is 11.5 Å². The van der Waals surface area contributed by atoms with Gasteiger partial charge in [0.05, 0.1) is 12.3 Å². The smallest absolute Gasteiger partial charge is 0.251 e. The van der Waals surface area contributed by atoms with Crippen LogP contribution in [0.5, 0.6) is 11.5 Å². The zero-order valence-corrected chi connectivity index (χ0v) is 19.0. The van der Waals surface area contributed by atoms with Crippen LogP contribution in [0.3, 0.4) is 0 Å². The van der Waals surface area contributed by atoms with Crippen molar-refractivity contribution in [2.45, 2.75) is 38.6 Å². The van der Waals surface area contributed by atoms with Gasteiger partial charge in [0.25, 0.3) is 5.56 Å². The lowest BCUT2D eigenvalue weighted by molar-refractivity contribution is 0.202. The first-order valence-electron chi connectivity index (χ1n) is 11.4. The van der Waals surface area contributed by atoms with E-state index in [0.29, 0.717) is 24.6 Å². The van der Waals surface area contributed by atoms with E-state index in [1.807, 2.05) is 31.2 Å². The minimum absolute atomic E-state index is 0.136. The number of nitrogens with one attached hydrogen (secondary N) is 1. The second-order valence-electron chi connectivity index (χ2n) is 8.34. The normalized spacial score (nSPS) is 14.8. The summed E-state index contributed by atoms with van der Waals surface area (Å²) in [4.78, 5) is 26.4. The van der Waals surface area contributed by atoms with Crippen LogP contribution in [0.2, 0.25) is 0 Å². The van der Waals surface area contributed by atoms with Gasteiger partial charge in [-0.25, -0.2) is 4.98 Å². The first-order valence-corrected chi connectivity index (χ1v) is 11.4. The first-order chi connectivity index (χ1) is 16.1. The molecule has 0 unspecified atom stereocenters. The Bertz CT molecular complexity index is 1150. The summed E-state index contributed by atoms with van der Waals surface area (Å²) in [6.07, 6.45) is 7.65. The molecule has 33 heavy (non-hydrogen) atoms. The van der Waals surface area contributed by atoms with Gasteiger partial charge in [-0.3, -0.25) is 14.7 Å². The Morgan fingerprint density at radius 1 is 1.30 bits per heavy atom. The number of rotatable bonds is 8. The molecule has 3 heterocycles. The SMILES string of the molecule is C=CCc1cc(CN2CCC(c3cc(=O)[nH]c(-c4cccnc4)n3)CC2)cc(OCC)c1O. The van der Waals surface area contributed by atoms with Gasteiger partial charge in [-0.15, -0.1) is 6.58 Å². The molecule has 0 aliphatic carbocycles. The number of aromatic nitrogens is 3. The highest BCUT2D eigenvalue weighted by Gasteiger charge is 2.23. The van der Waals surface area contributed by atoms with Crippen molar-refractivity contribution in [2.24, 2.45) is 0 Å². The molecule has 0 amide bonds. The number of piperidine rings is 1. The maximum atomic E-state index is 12.3. The topological polar surface area (TPSA) is 91.3 Å². The number of aromatic amines is 1. The Balaban J connectivity index is 1.45. The number of phenolic OH excluding ortho intramolecular Hbond substituents is 1. The number of aromatic hydroxyl groups is 1. The quantitative estimate of drug-likeness (QED) is 0.508. The van der Waals surface area contributed by atoms with E-state index in [1.54, 1.807) is 24.5 Å². The van der Waals surface area contributed by atoms with E-state index < -0.39 is 0 Å². The highest BCUT2D eigenvalue weighted by atomic mass is 16.5. The Labute approximate surface area is 193 Å². The van der Waals surface area contributed by atoms with E-state index in [1.165, 1.54) is 0 Å². The summed E-state index contributed by atoms with van der Waals surface area (Å²) < 4.78 is 5.64. The number of allylic oxidation sites excluding steroid dienone is 1. The Hall–Kier alpha value is -3.45. The number of hydrogen-bond donors (Lipinski definition) is 2. The van der Waals surface area contributed by atoms with Gasteiger partial charge in [0.1, 0.15) is 5.82 Å². The maximum Gasteiger partial charge on any atom is 0.251 e. The van der Waals surface area contributed by atoms with Crippen LogP contribution in [-0.4, -0.2) is 44.7 Å². The Morgan fingerprint density at radius 2 is 2.12 bits per heavy atom. The summed E-state index contributed by atoms with van der Waals surface area (Å²) in [5.41, 5.74) is 3.45. The fraction of sp³-hybridized carbons (Fsp3) is 0.346. The van der Waals surface area contributed by atoms with E-state index in [-0.39, 0.29) is 17.2 Å². The summed E-state index contributed by atoms with van der Waals surface area (Å²) in [7, 11) is 0. The first kappa shape index (κ1) is 22.7. The highest BCUT2D eigenvalue weighted by molar-refractivity contribution is 5.53. The maximum absolute atomic E-state index is 12.3. The molecule has 1 aliphatic heterocycles. The number of H-pyrrole nitrogens is 1. The molecule has 1 saturated heterocycles. The van der Waals surface area contributed by atoms with E-state index >= 15 is 0 Å². The molecule has 0 atom stereocenters. The summed E-state index contributed by atoms with van der Waals surface area (Å²) >= 11 is 0. The molecule has 1 fully saturated rings. The van der Waals surface area contributed by atoms with Gasteiger partial charge < -0.3 is 14.8 Å². The van der Waals surface area contributed by atoms with E-state index in [0.717, 1.165) is 54.9 Å². The van der Waals surface area contributed by atoms with Gasteiger partial charge in [-0.05, 0) is 63.0 Å². The zero-order chi connectivity index (χ0) is 23.2. The van der Waals surface area contributed by atoms with E-state index in [4.69, 9.17) is 9.72 Å². The predicted molar refractivity (Wildman–Crippen MR) is 129 cm³/mol. The van der Waals surface area contributed by atoms with E-state index in [2.05, 4.69) is 21.4 Å². The van der Waals surface area contributed by atoms with Crippen molar-refractivity contribution in [1.29, 1.82) is 0 Å². The van der Waals surface area contributed by atoms with Crippen LogP contribution in [0, 0.1) is 0 Å². The standard InChI is InChI=1S/C26H30N4O3/c1-3-6-20-13-18(14-23(25(20)32)33-4-2)17-30-11-8-19(9-12-30)22-15-24(31)29-26(28-22)21-7-5-10-27-16-21/h3,5,7,10,13-16,19,32H,1,4,6,8-9,11-12,17H2,2H3,(H,28,29,31). The molecule has 0 bridgehead atoms. The molecule has 3 aromatic rings. The summed E-state index contributed by atoms with van der Waals surface area (Å²) in [6, 6.07) is 9.31. The molecule has 0 spiro atoms. The van der Waals surface area contributed by atoms with Crippen molar-refractivity contribution in [3.8, 4) is 22.9 Å². The van der Waals surface area contributed by atoms with Crippen molar-refractivity contribution >= 4 is 0 Å². The monoisotopic (exact) mass is 446 g/mol. The third-order valence-corrected chi connectivity index (χ3v) is 5.99. The average molecular weight is 447 g/mol. The fourth-order valence-corrected chi connectivity index (χ4v) is 4.37. The number of hydrogen-bond acceptors (Lipinski definition) is 6. The lowest BCUT2D eigenvalue weighted by atomic mass is 9.92. The van der Waals surface area contributed by atoms with Crippen LogP contribution in [0.15, 0.2) is 60.2 Å². The summed E-state index contributed by atoms with van der Waals surface area (Å²) in [5, 5.41) is 10.4. The second kappa shape index (κ2) is 10.4. The lowest BCUT2D eigenvalue weighted by Gasteiger charge is -2.32. The number of likely N-dealkylation sites (tertiary alicyclic amines) is 1. The molecule has 1 aromatic carbocycles. The molecule has 1 aliphatic rings. The second-order valence-corrected chi connectivity index (χ2v) is 8.34. The molecule has 0 saturated carbocycles. The molecular weight excluding hydrogens is 416 g/mol. The van der Waals surface area contributed by atoms with Gasteiger partial charge in [0, 0.05) is 42.0 Å². The fourth-order valence-electron chi connectivity index (χ4n) is 4.37. The zero-order valence-electron chi connectivity index (χ0n) is 19.0. The minimum Gasteiger partial charge on any atom is -0.504 e. The number of ether oxygens (including phenoxy) is 1. The van der Waals surface area contributed by atoms with Gasteiger partial charge in [-0.1, -0.05) is 12.1 Å². The number of pyridine rings is 1. The lowest BCUT2D eigenvalue weighted by Crippen LogP contribution is -2.33. The van der Waals surface area contributed by atoms with Gasteiger partial charge in [0.2, 0.25) is 0 Å². The van der Waals surface area contributed by atoms with Crippen molar-refractivity contribution in [3.05, 3.63) is 82.6 Å². The van der Waals surface area contributed by atoms with Crippen molar-refractivity contribution in [2.75, 3.05) is 19.7 Å². The molecule has 2 aromatic heterocycles. The molecular formula is C26H30N4O3. The minimum atomic E-state index is -0.136. The van der Waals surface area contributed by atoms with Crippen molar-refractivity contribution < 1.29 is 9.84 Å². The molecule has 4 rings (SSSR count). The predicted octanol–water partition coefficient (Wildman–Crippen LogP) is 4.04. The third kappa shape index (κ3) is 5.49. The van der Waals surface area contributed by atoms with Crippen LogP contribution in [0.25, 0.3) is 11.4 Å². The van der Waals surface area contributed by atoms with Crippen LogP contribution in [0.1, 0.15) is 42.5 Å². The molecule has 172 valence electrons. The largest absolute Gasteiger partial charge is 0.504 e. The number of phenols is 1. The Kier molecular flexibility index (Phi) is 7.19. The number of benzene rings is 1. The summed E-state index contributed by atoms with van der Waals surface area (Å²) in [6.45, 7) is 8.79. The van der Waals surface area contributed by atoms with Crippen molar-refractivity contribution in [3.63, 3.8) is 0 Å². The molecule has 0 radical (unpaired) electrons. The average Bonchev–Trinajstić information content (AvgIpc) is 2.83. The molecule has 7 nitrogen and oxygen atoms in total. The van der Waals surface area contributed by atoms with Crippen molar-refractivity contribution in [1.82, 2.24) is 19.9 Å².